The summed E-state index contributed by atoms with van der Waals surface area (Å²) in [6.07, 6.45) is 5.08. The predicted octanol–water partition coefficient (Wildman–Crippen LogP) is 2.03. The van der Waals surface area contributed by atoms with Gasteiger partial charge in [-0.1, -0.05) is 0 Å². The molecule has 1 aliphatic rings. The van der Waals surface area contributed by atoms with Crippen molar-refractivity contribution < 1.29 is 4.42 Å². The Bertz CT molecular complexity index is 807. The van der Waals surface area contributed by atoms with Crippen LogP contribution in [0.4, 0.5) is 0 Å². The highest BCUT2D eigenvalue weighted by Crippen LogP contribution is 2.23. The van der Waals surface area contributed by atoms with Crippen LogP contribution in [0.5, 0.6) is 0 Å². The highest BCUT2D eigenvalue weighted by Gasteiger charge is 2.16. The minimum Gasteiger partial charge on any atom is -0.458 e. The molecule has 6 nitrogen and oxygen atoms in total. The average molecular weight is 309 g/mol. The Labute approximate surface area is 134 Å². The van der Waals surface area contributed by atoms with Crippen molar-refractivity contribution >= 4 is 10.9 Å². The molecule has 3 aromatic heterocycles. The third-order valence-electron chi connectivity index (χ3n) is 4.28. The molecule has 0 aliphatic carbocycles. The third-order valence-corrected chi connectivity index (χ3v) is 4.28. The second kappa shape index (κ2) is 6.06. The zero-order valence-corrected chi connectivity index (χ0v) is 13.1. The summed E-state index contributed by atoms with van der Waals surface area (Å²) >= 11 is 0. The summed E-state index contributed by atoms with van der Waals surface area (Å²) in [4.78, 5) is 17.5. The second-order valence-electron chi connectivity index (χ2n) is 6.00. The molecule has 6 heteroatoms. The molecule has 23 heavy (non-hydrogen) atoms. The van der Waals surface area contributed by atoms with Crippen LogP contribution in [-0.2, 0) is 6.54 Å². The molecule has 4 rings (SSSR count). The van der Waals surface area contributed by atoms with E-state index < -0.39 is 0 Å². The Morgan fingerprint density at radius 3 is 2.83 bits per heavy atom. The Morgan fingerprint density at radius 1 is 1.09 bits per heavy atom. The first-order valence-electron chi connectivity index (χ1n) is 7.84. The molecule has 0 bridgehead atoms. The van der Waals surface area contributed by atoms with Gasteiger partial charge in [0.25, 0.3) is 0 Å². The van der Waals surface area contributed by atoms with Gasteiger partial charge in [0.15, 0.2) is 5.76 Å². The molecule has 0 N–H and O–H groups in total. The van der Waals surface area contributed by atoms with Crippen LogP contribution in [0, 0.1) is 0 Å². The highest BCUT2D eigenvalue weighted by atomic mass is 16.3. The van der Waals surface area contributed by atoms with Crippen molar-refractivity contribution in [3.8, 4) is 11.5 Å². The Kier molecular flexibility index (Phi) is 3.77. The lowest BCUT2D eigenvalue weighted by molar-refractivity contribution is 0.140. The predicted molar refractivity (Wildman–Crippen MR) is 87.8 cm³/mol. The first-order chi connectivity index (χ1) is 11.3. The van der Waals surface area contributed by atoms with E-state index in [-0.39, 0.29) is 0 Å². The van der Waals surface area contributed by atoms with E-state index in [0.717, 1.165) is 60.8 Å². The van der Waals surface area contributed by atoms with Crippen LogP contribution in [0.3, 0.4) is 0 Å². The van der Waals surface area contributed by atoms with Crippen molar-refractivity contribution in [1.82, 2.24) is 24.8 Å². The summed E-state index contributed by atoms with van der Waals surface area (Å²) in [5.41, 5.74) is 1.66. The monoisotopic (exact) mass is 309 g/mol. The van der Waals surface area contributed by atoms with Crippen LogP contribution in [0.15, 0.2) is 41.3 Å². The number of hydrogen-bond donors (Lipinski definition) is 0. The van der Waals surface area contributed by atoms with Gasteiger partial charge in [-0.25, -0.2) is 9.97 Å². The number of aromatic nitrogens is 3. The van der Waals surface area contributed by atoms with E-state index in [0.29, 0.717) is 0 Å². The molecule has 0 amide bonds. The van der Waals surface area contributed by atoms with Gasteiger partial charge in [-0.2, -0.15) is 0 Å². The summed E-state index contributed by atoms with van der Waals surface area (Å²) in [6.45, 7) is 5.24. The maximum atomic E-state index is 5.99. The number of nitrogens with zero attached hydrogens (tertiary/aromatic N) is 5. The number of rotatable bonds is 3. The van der Waals surface area contributed by atoms with Crippen LogP contribution >= 0.6 is 0 Å². The first kappa shape index (κ1) is 14.3. The molecular formula is C17H19N5O. The van der Waals surface area contributed by atoms with E-state index in [1.54, 1.807) is 12.4 Å². The summed E-state index contributed by atoms with van der Waals surface area (Å²) in [7, 11) is 2.16. The largest absolute Gasteiger partial charge is 0.458 e. The van der Waals surface area contributed by atoms with Crippen molar-refractivity contribution in [2.45, 2.75) is 6.54 Å². The minimum atomic E-state index is 0.792. The van der Waals surface area contributed by atoms with Crippen LogP contribution in [0.2, 0.25) is 0 Å². The van der Waals surface area contributed by atoms with Crippen molar-refractivity contribution in [1.29, 1.82) is 0 Å². The lowest BCUT2D eigenvalue weighted by atomic mass is 10.2. The molecule has 0 spiro atoms. The molecule has 4 heterocycles. The Balaban J connectivity index is 1.52. The van der Waals surface area contributed by atoms with Crippen molar-refractivity contribution in [3.63, 3.8) is 0 Å². The van der Waals surface area contributed by atoms with E-state index in [1.807, 2.05) is 18.2 Å². The third kappa shape index (κ3) is 3.09. The van der Waals surface area contributed by atoms with Crippen molar-refractivity contribution in [3.05, 3.63) is 42.7 Å². The molecule has 1 fully saturated rings. The fourth-order valence-electron chi connectivity index (χ4n) is 2.85. The normalized spacial score (nSPS) is 16.9. The van der Waals surface area contributed by atoms with E-state index in [9.17, 15) is 0 Å². The minimum absolute atomic E-state index is 0.792. The van der Waals surface area contributed by atoms with Gasteiger partial charge in [-0.15, -0.1) is 0 Å². The quantitative estimate of drug-likeness (QED) is 0.738. The van der Waals surface area contributed by atoms with Gasteiger partial charge < -0.3 is 9.32 Å². The lowest BCUT2D eigenvalue weighted by Gasteiger charge is -2.31. The summed E-state index contributed by atoms with van der Waals surface area (Å²) < 4.78 is 5.99. The number of likely N-dealkylation sites (N-methyl/N-ethyl adjacent to an activating group) is 1. The Morgan fingerprint density at radius 2 is 1.96 bits per heavy atom. The smallest absolute Gasteiger partial charge is 0.152 e. The second-order valence-corrected chi connectivity index (χ2v) is 6.00. The zero-order chi connectivity index (χ0) is 15.6. The van der Waals surface area contributed by atoms with E-state index >= 15 is 0 Å². The van der Waals surface area contributed by atoms with Gasteiger partial charge in [-0.3, -0.25) is 9.88 Å². The van der Waals surface area contributed by atoms with Gasteiger partial charge in [0.1, 0.15) is 17.8 Å². The van der Waals surface area contributed by atoms with Gasteiger partial charge >= 0.3 is 0 Å². The van der Waals surface area contributed by atoms with E-state index in [1.165, 1.54) is 6.33 Å². The topological polar surface area (TPSA) is 58.3 Å². The molecular weight excluding hydrogens is 290 g/mol. The van der Waals surface area contributed by atoms with Gasteiger partial charge in [-0.05, 0) is 25.2 Å². The first-order valence-corrected chi connectivity index (χ1v) is 7.84. The molecule has 3 aromatic rings. The molecule has 1 aliphatic heterocycles. The Hall–Kier alpha value is -2.31. The van der Waals surface area contributed by atoms with Crippen LogP contribution < -0.4 is 0 Å². The molecule has 0 atom stereocenters. The summed E-state index contributed by atoms with van der Waals surface area (Å²) in [6, 6.07) is 6.00. The SMILES string of the molecule is CN1CCN(Cc2ccc(-c3cc4cncnc4cn3)o2)CC1. The van der Waals surface area contributed by atoms with E-state index in [2.05, 4.69) is 31.8 Å². The van der Waals surface area contributed by atoms with Crippen LogP contribution in [0.25, 0.3) is 22.4 Å². The van der Waals surface area contributed by atoms with Gasteiger partial charge in [0.2, 0.25) is 0 Å². The molecule has 0 unspecified atom stereocenters. The molecule has 1 saturated heterocycles. The summed E-state index contributed by atoms with van der Waals surface area (Å²) in [5, 5.41) is 0.967. The van der Waals surface area contributed by atoms with Gasteiger partial charge in [0, 0.05) is 37.8 Å². The van der Waals surface area contributed by atoms with Gasteiger partial charge in [0.05, 0.1) is 18.3 Å². The standard InChI is InChI=1S/C17H19N5O/c1-21-4-6-22(7-5-21)11-14-2-3-17(23-14)15-8-13-9-18-12-20-16(13)10-19-15/h2-3,8-10,12H,4-7,11H2,1H3. The molecule has 0 saturated carbocycles. The fourth-order valence-corrected chi connectivity index (χ4v) is 2.85. The number of hydrogen-bond acceptors (Lipinski definition) is 6. The maximum Gasteiger partial charge on any atom is 0.152 e. The number of fused-ring (bicyclic) bond motifs is 1. The summed E-state index contributed by atoms with van der Waals surface area (Å²) in [5.74, 6) is 1.77. The number of furan rings is 1. The van der Waals surface area contributed by atoms with Crippen LogP contribution in [0.1, 0.15) is 5.76 Å². The molecule has 118 valence electrons. The molecule has 0 radical (unpaired) electrons. The van der Waals surface area contributed by atoms with Crippen molar-refractivity contribution in [2.24, 2.45) is 0 Å². The molecule has 0 aromatic carbocycles. The van der Waals surface area contributed by atoms with Crippen LogP contribution in [-0.4, -0.2) is 58.0 Å². The van der Waals surface area contributed by atoms with E-state index in [4.69, 9.17) is 4.42 Å². The number of pyridine rings is 1. The number of piperazine rings is 1. The average Bonchev–Trinajstić information content (AvgIpc) is 3.05. The fraction of sp³-hybridized carbons (Fsp3) is 0.353. The lowest BCUT2D eigenvalue weighted by Crippen LogP contribution is -2.43. The highest BCUT2D eigenvalue weighted by molar-refractivity contribution is 5.80. The maximum absolute atomic E-state index is 5.99. The zero-order valence-electron chi connectivity index (χ0n) is 13.1. The van der Waals surface area contributed by atoms with Crippen molar-refractivity contribution in [2.75, 3.05) is 33.2 Å².